The lowest BCUT2D eigenvalue weighted by Crippen LogP contribution is -2.07. The minimum absolute atomic E-state index is 0.517. The Morgan fingerprint density at radius 3 is 2.46 bits per heavy atom. The topological polar surface area (TPSA) is 82.8 Å². The van der Waals surface area contributed by atoms with Crippen molar-refractivity contribution in [2.75, 3.05) is 26.6 Å². The van der Waals surface area contributed by atoms with Crippen LogP contribution in [0.5, 0.6) is 17.2 Å². The summed E-state index contributed by atoms with van der Waals surface area (Å²) in [5.41, 5.74) is 1.64. The first-order chi connectivity index (χ1) is 11.7. The van der Waals surface area contributed by atoms with E-state index < -0.39 is 0 Å². The number of hydrogen-bond donors (Lipinski definition) is 1. The molecule has 3 rings (SSSR count). The normalized spacial score (nSPS) is 10.7. The monoisotopic (exact) mass is 329 g/mol. The van der Waals surface area contributed by atoms with Crippen LogP contribution in [0.1, 0.15) is 11.4 Å². The van der Waals surface area contributed by atoms with Gasteiger partial charge in [0, 0.05) is 12.1 Å². The lowest BCUT2D eigenvalue weighted by atomic mass is 10.1. The third kappa shape index (κ3) is 2.78. The maximum absolute atomic E-state index is 5.48. The molecule has 0 unspecified atom stereocenters. The zero-order chi connectivity index (χ0) is 17.1. The number of aryl methyl sites for hydroxylation is 1. The second-order valence-corrected chi connectivity index (χ2v) is 5.08. The third-order valence-corrected chi connectivity index (χ3v) is 3.66. The molecule has 0 bridgehead atoms. The summed E-state index contributed by atoms with van der Waals surface area (Å²) in [6.45, 7) is 2.37. The molecule has 0 amide bonds. The quantitative estimate of drug-likeness (QED) is 0.741. The third-order valence-electron chi connectivity index (χ3n) is 3.66. The molecule has 126 valence electrons. The first kappa shape index (κ1) is 15.9. The summed E-state index contributed by atoms with van der Waals surface area (Å²) < 4.78 is 17.9. The standard InChI is InChI=1S/C16H19N5O3/c1-10-18-19-14-8-7-13(20-21(10)14)17-9-11-5-6-12(22-2)16(24-4)15(11)23-3/h5-8H,9H2,1-4H3,(H,17,20). The summed E-state index contributed by atoms with van der Waals surface area (Å²) in [7, 11) is 4.78. The molecule has 0 saturated carbocycles. The molecule has 2 aromatic heterocycles. The highest BCUT2D eigenvalue weighted by Gasteiger charge is 2.15. The lowest BCUT2D eigenvalue weighted by Gasteiger charge is -2.16. The molecule has 2 heterocycles. The van der Waals surface area contributed by atoms with Crippen molar-refractivity contribution in [1.82, 2.24) is 19.8 Å². The Morgan fingerprint density at radius 2 is 1.75 bits per heavy atom. The van der Waals surface area contributed by atoms with Gasteiger partial charge in [-0.15, -0.1) is 15.3 Å². The van der Waals surface area contributed by atoms with Gasteiger partial charge in [-0.1, -0.05) is 0 Å². The van der Waals surface area contributed by atoms with Crippen LogP contribution in [0, 0.1) is 6.92 Å². The van der Waals surface area contributed by atoms with Crippen LogP contribution in [0.15, 0.2) is 24.3 Å². The van der Waals surface area contributed by atoms with E-state index in [-0.39, 0.29) is 0 Å². The van der Waals surface area contributed by atoms with Gasteiger partial charge in [-0.2, -0.15) is 4.52 Å². The number of benzene rings is 1. The summed E-state index contributed by atoms with van der Waals surface area (Å²) >= 11 is 0. The second-order valence-electron chi connectivity index (χ2n) is 5.08. The van der Waals surface area contributed by atoms with Crippen LogP contribution in [0.25, 0.3) is 5.65 Å². The van der Waals surface area contributed by atoms with E-state index in [0.717, 1.165) is 11.4 Å². The number of anilines is 1. The number of rotatable bonds is 6. The van der Waals surface area contributed by atoms with Crippen molar-refractivity contribution in [2.24, 2.45) is 0 Å². The highest BCUT2D eigenvalue weighted by molar-refractivity contribution is 5.56. The van der Waals surface area contributed by atoms with E-state index in [1.54, 1.807) is 25.8 Å². The number of nitrogens with zero attached hydrogens (tertiary/aromatic N) is 4. The van der Waals surface area contributed by atoms with Crippen molar-refractivity contribution >= 4 is 11.5 Å². The molecular weight excluding hydrogens is 310 g/mol. The summed E-state index contributed by atoms with van der Waals surface area (Å²) in [4.78, 5) is 0. The van der Waals surface area contributed by atoms with Crippen molar-refractivity contribution in [1.29, 1.82) is 0 Å². The fourth-order valence-electron chi connectivity index (χ4n) is 2.48. The zero-order valence-corrected chi connectivity index (χ0v) is 14.0. The van der Waals surface area contributed by atoms with E-state index >= 15 is 0 Å². The number of nitrogens with one attached hydrogen (secondary N) is 1. The van der Waals surface area contributed by atoms with Gasteiger partial charge >= 0.3 is 0 Å². The van der Waals surface area contributed by atoms with Crippen molar-refractivity contribution in [3.05, 3.63) is 35.7 Å². The molecular formula is C16H19N5O3. The molecule has 0 spiro atoms. The fraction of sp³-hybridized carbons (Fsp3) is 0.312. The molecule has 1 aromatic carbocycles. The summed E-state index contributed by atoms with van der Waals surface area (Å²) in [6.07, 6.45) is 0. The van der Waals surface area contributed by atoms with E-state index in [1.165, 1.54) is 0 Å². The molecule has 24 heavy (non-hydrogen) atoms. The summed E-state index contributed by atoms with van der Waals surface area (Å²) in [6, 6.07) is 7.49. The highest BCUT2D eigenvalue weighted by Crippen LogP contribution is 2.39. The molecule has 0 radical (unpaired) electrons. The fourth-order valence-corrected chi connectivity index (χ4v) is 2.48. The second kappa shape index (κ2) is 6.61. The predicted molar refractivity (Wildman–Crippen MR) is 88.9 cm³/mol. The van der Waals surface area contributed by atoms with Crippen molar-refractivity contribution in [3.8, 4) is 17.2 Å². The molecule has 8 nitrogen and oxygen atoms in total. The Bertz CT molecular complexity index is 862. The van der Waals surface area contributed by atoms with Gasteiger partial charge in [0.1, 0.15) is 5.82 Å². The maximum atomic E-state index is 5.48. The van der Waals surface area contributed by atoms with Crippen LogP contribution in [0.3, 0.4) is 0 Å². The first-order valence-electron chi connectivity index (χ1n) is 7.38. The van der Waals surface area contributed by atoms with Gasteiger partial charge in [0.15, 0.2) is 23.0 Å². The summed E-state index contributed by atoms with van der Waals surface area (Å²) in [5, 5.41) is 15.8. The van der Waals surface area contributed by atoms with Gasteiger partial charge in [0.2, 0.25) is 5.75 Å². The van der Waals surface area contributed by atoms with Gasteiger partial charge < -0.3 is 19.5 Å². The minimum atomic E-state index is 0.517. The number of aromatic nitrogens is 4. The highest BCUT2D eigenvalue weighted by atomic mass is 16.5. The van der Waals surface area contributed by atoms with Crippen molar-refractivity contribution < 1.29 is 14.2 Å². The van der Waals surface area contributed by atoms with Crippen molar-refractivity contribution in [2.45, 2.75) is 13.5 Å². The van der Waals surface area contributed by atoms with Crippen LogP contribution < -0.4 is 19.5 Å². The van der Waals surface area contributed by atoms with E-state index in [1.807, 2.05) is 31.2 Å². The number of methoxy groups -OCH3 is 3. The van der Waals surface area contributed by atoms with Gasteiger partial charge in [-0.3, -0.25) is 0 Å². The molecule has 0 fully saturated rings. The van der Waals surface area contributed by atoms with Gasteiger partial charge in [-0.05, 0) is 31.2 Å². The maximum Gasteiger partial charge on any atom is 0.203 e. The molecule has 0 saturated heterocycles. The molecule has 1 N–H and O–H groups in total. The number of fused-ring (bicyclic) bond motifs is 1. The molecule has 0 atom stereocenters. The Hall–Kier alpha value is -3.03. The SMILES string of the molecule is COc1ccc(CNc2ccc3nnc(C)n3n2)c(OC)c1OC. The molecule has 3 aromatic rings. The van der Waals surface area contributed by atoms with Crippen LogP contribution in [-0.2, 0) is 6.54 Å². The predicted octanol–water partition coefficient (Wildman–Crippen LogP) is 2.07. The number of hydrogen-bond acceptors (Lipinski definition) is 7. The van der Waals surface area contributed by atoms with Gasteiger partial charge in [0.05, 0.1) is 21.3 Å². The van der Waals surface area contributed by atoms with E-state index in [2.05, 4.69) is 20.6 Å². The average molecular weight is 329 g/mol. The lowest BCUT2D eigenvalue weighted by molar-refractivity contribution is 0.322. The Labute approximate surface area is 139 Å². The van der Waals surface area contributed by atoms with E-state index in [4.69, 9.17) is 14.2 Å². The van der Waals surface area contributed by atoms with Crippen LogP contribution >= 0.6 is 0 Å². The summed E-state index contributed by atoms with van der Waals surface area (Å²) in [5.74, 6) is 3.26. The molecule has 0 aliphatic rings. The molecule has 0 aliphatic heterocycles. The first-order valence-corrected chi connectivity index (χ1v) is 7.38. The van der Waals surface area contributed by atoms with Crippen LogP contribution in [-0.4, -0.2) is 41.1 Å². The van der Waals surface area contributed by atoms with E-state index in [9.17, 15) is 0 Å². The zero-order valence-electron chi connectivity index (χ0n) is 14.0. The molecule has 8 heteroatoms. The Balaban J connectivity index is 1.86. The average Bonchev–Trinajstić information content (AvgIpc) is 2.99. The largest absolute Gasteiger partial charge is 0.493 e. The number of ether oxygens (including phenoxy) is 3. The van der Waals surface area contributed by atoms with E-state index in [0.29, 0.717) is 35.3 Å². The molecule has 0 aliphatic carbocycles. The van der Waals surface area contributed by atoms with Crippen molar-refractivity contribution in [3.63, 3.8) is 0 Å². The Morgan fingerprint density at radius 1 is 0.958 bits per heavy atom. The smallest absolute Gasteiger partial charge is 0.203 e. The Kier molecular flexibility index (Phi) is 4.37. The van der Waals surface area contributed by atoms with Crippen LogP contribution in [0.4, 0.5) is 5.82 Å². The minimum Gasteiger partial charge on any atom is -0.493 e. The van der Waals surface area contributed by atoms with Gasteiger partial charge in [-0.25, -0.2) is 0 Å². The van der Waals surface area contributed by atoms with Crippen LogP contribution in [0.2, 0.25) is 0 Å². The van der Waals surface area contributed by atoms with Gasteiger partial charge in [0.25, 0.3) is 0 Å².